The quantitative estimate of drug-likeness (QED) is 0.402. The van der Waals surface area contributed by atoms with Gasteiger partial charge in [0.2, 0.25) is 0 Å². The molecule has 0 radical (unpaired) electrons. The van der Waals surface area contributed by atoms with Gasteiger partial charge >= 0.3 is 12.1 Å². The number of aliphatic hydroxyl groups is 1. The predicted octanol–water partition coefficient (Wildman–Crippen LogP) is 1.87. The number of aliphatic hydroxyl groups excluding tert-OH is 1. The molecule has 11 nitrogen and oxygen atoms in total. The van der Waals surface area contributed by atoms with Gasteiger partial charge in [-0.3, -0.25) is 9.48 Å². The van der Waals surface area contributed by atoms with Crippen molar-refractivity contribution in [1.29, 1.82) is 0 Å². The van der Waals surface area contributed by atoms with Crippen LogP contribution in [-0.4, -0.2) is 62.8 Å². The molecule has 11 heteroatoms. The van der Waals surface area contributed by atoms with Crippen LogP contribution in [0.1, 0.15) is 37.6 Å². The molecule has 32 heavy (non-hydrogen) atoms. The average Bonchev–Trinajstić information content (AvgIpc) is 3.18. The van der Waals surface area contributed by atoms with E-state index in [-0.39, 0.29) is 12.5 Å². The van der Waals surface area contributed by atoms with Crippen molar-refractivity contribution in [2.24, 2.45) is 0 Å². The summed E-state index contributed by atoms with van der Waals surface area (Å²) in [5.74, 6) is -1.36. The van der Waals surface area contributed by atoms with E-state index < -0.39 is 23.8 Å². The number of hydrogen-bond donors (Lipinski definition) is 4. The molecule has 0 fully saturated rings. The standard InChI is InChI=1S/C21H28N4O7/c1-21(2,3)32-20(30)22-9-4-10-25-12-14(11-23-25)18(27)24-15-5-7-16(8-6-15)31-13-17(26)19(28)29/h5-8,11-12,17,26H,4,9-10,13H2,1-3H3,(H,22,30)(H,24,27)(H,28,29). The highest BCUT2D eigenvalue weighted by Gasteiger charge is 2.16. The number of alkyl carbamates (subject to hydrolysis) is 1. The average molecular weight is 448 g/mol. The summed E-state index contributed by atoms with van der Waals surface area (Å²) in [6.45, 7) is 5.91. The summed E-state index contributed by atoms with van der Waals surface area (Å²) in [5.41, 5.74) is 0.329. The van der Waals surface area contributed by atoms with Crippen LogP contribution in [0.25, 0.3) is 0 Å². The first-order valence-electron chi connectivity index (χ1n) is 9.98. The summed E-state index contributed by atoms with van der Waals surface area (Å²) >= 11 is 0. The molecule has 174 valence electrons. The Morgan fingerprint density at radius 2 is 1.88 bits per heavy atom. The Balaban J connectivity index is 1.76. The van der Waals surface area contributed by atoms with E-state index in [2.05, 4.69) is 15.7 Å². The fourth-order valence-corrected chi connectivity index (χ4v) is 2.43. The minimum absolute atomic E-state index is 0.349. The first-order valence-corrected chi connectivity index (χ1v) is 9.98. The molecule has 0 spiro atoms. The summed E-state index contributed by atoms with van der Waals surface area (Å²) in [4.78, 5) is 34.6. The summed E-state index contributed by atoms with van der Waals surface area (Å²) in [6.07, 6.45) is 1.57. The van der Waals surface area contributed by atoms with Gasteiger partial charge < -0.3 is 30.3 Å². The van der Waals surface area contributed by atoms with Crippen LogP contribution < -0.4 is 15.4 Å². The number of carboxylic acid groups (broad SMARTS) is 1. The van der Waals surface area contributed by atoms with E-state index in [1.807, 2.05) is 0 Å². The lowest BCUT2D eigenvalue weighted by atomic mass is 10.2. The number of anilines is 1. The van der Waals surface area contributed by atoms with Crippen LogP contribution in [0, 0.1) is 0 Å². The Kier molecular flexibility index (Phi) is 8.59. The molecule has 1 aromatic carbocycles. The smallest absolute Gasteiger partial charge is 0.407 e. The Morgan fingerprint density at radius 1 is 1.19 bits per heavy atom. The summed E-state index contributed by atoms with van der Waals surface area (Å²) in [7, 11) is 0. The van der Waals surface area contributed by atoms with Gasteiger partial charge in [-0.15, -0.1) is 0 Å². The van der Waals surface area contributed by atoms with Crippen LogP contribution in [-0.2, 0) is 16.1 Å². The second kappa shape index (κ2) is 11.1. The Morgan fingerprint density at radius 3 is 2.50 bits per heavy atom. The predicted molar refractivity (Wildman–Crippen MR) is 115 cm³/mol. The van der Waals surface area contributed by atoms with Crippen molar-refractivity contribution >= 4 is 23.7 Å². The number of nitrogens with zero attached hydrogens (tertiary/aromatic N) is 2. The number of hydrogen-bond acceptors (Lipinski definition) is 7. The molecule has 0 bridgehead atoms. The van der Waals surface area contributed by atoms with E-state index in [1.165, 1.54) is 6.20 Å². The van der Waals surface area contributed by atoms with Gasteiger partial charge in [0.15, 0.2) is 6.10 Å². The molecule has 0 aliphatic carbocycles. The molecule has 0 saturated heterocycles. The molecule has 0 aliphatic heterocycles. The fourth-order valence-electron chi connectivity index (χ4n) is 2.43. The minimum atomic E-state index is -1.61. The summed E-state index contributed by atoms with van der Waals surface area (Å²) in [6, 6.07) is 6.27. The zero-order chi connectivity index (χ0) is 23.7. The maximum atomic E-state index is 12.4. The molecule has 1 atom stereocenters. The lowest BCUT2D eigenvalue weighted by molar-refractivity contribution is -0.148. The second-order valence-electron chi connectivity index (χ2n) is 7.92. The molecule has 0 aliphatic rings. The van der Waals surface area contributed by atoms with Crippen molar-refractivity contribution in [3.63, 3.8) is 0 Å². The van der Waals surface area contributed by atoms with Gasteiger partial charge in [-0.25, -0.2) is 9.59 Å². The van der Waals surface area contributed by atoms with Crippen LogP contribution in [0.15, 0.2) is 36.7 Å². The SMILES string of the molecule is CC(C)(C)OC(=O)NCCCn1cc(C(=O)Nc2ccc(OCC(O)C(=O)O)cc2)cn1. The summed E-state index contributed by atoms with van der Waals surface area (Å²) < 4.78 is 11.9. The number of carboxylic acids is 1. The number of aromatic nitrogens is 2. The number of benzene rings is 1. The Bertz CT molecular complexity index is 919. The van der Waals surface area contributed by atoms with Gasteiger partial charge in [0.25, 0.3) is 5.91 Å². The molecule has 2 amide bonds. The van der Waals surface area contributed by atoms with E-state index >= 15 is 0 Å². The van der Waals surface area contributed by atoms with E-state index in [9.17, 15) is 19.5 Å². The maximum absolute atomic E-state index is 12.4. The number of aliphatic carboxylic acids is 1. The van der Waals surface area contributed by atoms with Gasteiger partial charge in [0, 0.05) is 25.0 Å². The van der Waals surface area contributed by atoms with Crippen molar-refractivity contribution in [3.05, 3.63) is 42.2 Å². The lowest BCUT2D eigenvalue weighted by Gasteiger charge is -2.19. The molecule has 2 aromatic rings. The van der Waals surface area contributed by atoms with Crippen LogP contribution in [0.5, 0.6) is 5.75 Å². The van der Waals surface area contributed by atoms with Crippen molar-refractivity contribution in [1.82, 2.24) is 15.1 Å². The fraction of sp³-hybridized carbons (Fsp3) is 0.429. The van der Waals surface area contributed by atoms with Gasteiger partial charge in [0.1, 0.15) is 18.0 Å². The molecule has 1 heterocycles. The van der Waals surface area contributed by atoms with Crippen molar-refractivity contribution < 1.29 is 34.1 Å². The highest BCUT2D eigenvalue weighted by Crippen LogP contribution is 2.17. The highest BCUT2D eigenvalue weighted by molar-refractivity contribution is 6.03. The number of rotatable bonds is 10. The van der Waals surface area contributed by atoms with E-state index in [1.54, 1.807) is 55.9 Å². The molecular weight excluding hydrogens is 420 g/mol. The number of nitrogens with one attached hydrogen (secondary N) is 2. The third kappa shape index (κ3) is 8.64. The maximum Gasteiger partial charge on any atom is 0.407 e. The van der Waals surface area contributed by atoms with Crippen LogP contribution >= 0.6 is 0 Å². The molecule has 1 unspecified atom stereocenters. The van der Waals surface area contributed by atoms with E-state index in [0.717, 1.165) is 0 Å². The van der Waals surface area contributed by atoms with E-state index in [4.69, 9.17) is 14.6 Å². The number of ether oxygens (including phenoxy) is 2. The zero-order valence-corrected chi connectivity index (χ0v) is 18.2. The van der Waals surface area contributed by atoms with Crippen LogP contribution in [0.3, 0.4) is 0 Å². The van der Waals surface area contributed by atoms with Crippen molar-refractivity contribution in [3.8, 4) is 5.75 Å². The molecular formula is C21H28N4O7. The Labute approximate surface area is 185 Å². The van der Waals surface area contributed by atoms with Gasteiger partial charge in [0.05, 0.1) is 11.8 Å². The second-order valence-corrected chi connectivity index (χ2v) is 7.92. The normalized spacial score (nSPS) is 12.0. The first-order chi connectivity index (χ1) is 15.0. The van der Waals surface area contributed by atoms with Crippen LogP contribution in [0.2, 0.25) is 0 Å². The summed E-state index contributed by atoms with van der Waals surface area (Å²) in [5, 5.41) is 27.4. The molecule has 0 saturated carbocycles. The molecule has 1 aromatic heterocycles. The van der Waals surface area contributed by atoms with Gasteiger partial charge in [-0.2, -0.15) is 5.10 Å². The monoisotopic (exact) mass is 448 g/mol. The topological polar surface area (TPSA) is 152 Å². The van der Waals surface area contributed by atoms with Gasteiger partial charge in [-0.1, -0.05) is 0 Å². The van der Waals surface area contributed by atoms with Gasteiger partial charge in [-0.05, 0) is 51.5 Å². The van der Waals surface area contributed by atoms with Crippen LogP contribution in [0.4, 0.5) is 10.5 Å². The largest absolute Gasteiger partial charge is 0.490 e. The molecule has 2 rings (SSSR count). The Hall–Kier alpha value is -3.60. The zero-order valence-electron chi connectivity index (χ0n) is 18.2. The first kappa shape index (κ1) is 24.7. The number of carbonyl (C=O) groups excluding carboxylic acids is 2. The minimum Gasteiger partial charge on any atom is -0.490 e. The lowest BCUT2D eigenvalue weighted by Crippen LogP contribution is -2.33. The number of aryl methyl sites for hydroxylation is 1. The highest BCUT2D eigenvalue weighted by atomic mass is 16.6. The van der Waals surface area contributed by atoms with Crippen molar-refractivity contribution in [2.75, 3.05) is 18.5 Å². The third-order valence-corrected chi connectivity index (χ3v) is 3.93. The molecule has 4 N–H and O–H groups in total. The van der Waals surface area contributed by atoms with Crippen molar-refractivity contribution in [2.45, 2.75) is 45.4 Å². The van der Waals surface area contributed by atoms with E-state index in [0.29, 0.717) is 36.5 Å². The number of carbonyl (C=O) groups is 3. The number of amides is 2. The third-order valence-electron chi connectivity index (χ3n) is 3.93.